The smallest absolute Gasteiger partial charge is 0.247 e. The zero-order chi connectivity index (χ0) is 22.2. The van der Waals surface area contributed by atoms with E-state index < -0.39 is 17.8 Å². The van der Waals surface area contributed by atoms with Gasteiger partial charge in [-0.25, -0.2) is 4.39 Å². The van der Waals surface area contributed by atoms with Crippen molar-refractivity contribution >= 4 is 23.4 Å². The topological polar surface area (TPSA) is 58.6 Å². The van der Waals surface area contributed by atoms with Crippen molar-refractivity contribution in [1.29, 1.82) is 0 Å². The molecule has 166 valence electrons. The van der Waals surface area contributed by atoms with Gasteiger partial charge in [0.15, 0.2) is 0 Å². The van der Waals surface area contributed by atoms with E-state index in [-0.39, 0.29) is 29.9 Å². The molecule has 2 aromatic rings. The molecule has 31 heavy (non-hydrogen) atoms. The number of benzene rings is 2. The molecule has 0 radical (unpaired) electrons. The zero-order valence-corrected chi connectivity index (χ0v) is 18.4. The van der Waals surface area contributed by atoms with E-state index in [0.717, 1.165) is 37.7 Å². The summed E-state index contributed by atoms with van der Waals surface area (Å²) >= 11 is 5.89. The van der Waals surface area contributed by atoms with E-state index in [9.17, 15) is 14.0 Å². The van der Waals surface area contributed by atoms with Crippen molar-refractivity contribution < 1.29 is 18.7 Å². The van der Waals surface area contributed by atoms with E-state index in [1.54, 1.807) is 37.4 Å². The van der Waals surface area contributed by atoms with Crippen LogP contribution >= 0.6 is 11.6 Å². The number of amides is 2. The summed E-state index contributed by atoms with van der Waals surface area (Å²) in [5.74, 6) is -0.987. The highest BCUT2D eigenvalue weighted by Gasteiger charge is 2.34. The minimum atomic E-state index is -1.11. The van der Waals surface area contributed by atoms with Gasteiger partial charge in [-0.2, -0.15) is 0 Å². The number of rotatable bonds is 8. The second kappa shape index (κ2) is 11.1. The van der Waals surface area contributed by atoms with E-state index >= 15 is 0 Å². The quantitative estimate of drug-likeness (QED) is 0.603. The second-order valence-electron chi connectivity index (χ2n) is 7.77. The summed E-state index contributed by atoms with van der Waals surface area (Å²) in [5.41, 5.74) is 0.939. The summed E-state index contributed by atoms with van der Waals surface area (Å²) in [6, 6.07) is 12.2. The van der Waals surface area contributed by atoms with Crippen LogP contribution in [0.3, 0.4) is 0 Å². The van der Waals surface area contributed by atoms with Crippen LogP contribution in [-0.2, 0) is 16.1 Å². The first kappa shape index (κ1) is 23.1. The monoisotopic (exact) mass is 446 g/mol. The lowest BCUT2D eigenvalue weighted by molar-refractivity contribution is -0.140. The predicted molar refractivity (Wildman–Crippen MR) is 118 cm³/mol. The number of hydrogen-bond donors (Lipinski definition) is 1. The van der Waals surface area contributed by atoms with Gasteiger partial charge in [0.1, 0.15) is 23.5 Å². The average molecular weight is 447 g/mol. The molecular formula is C24H28ClFN2O3. The number of halogens is 2. The van der Waals surface area contributed by atoms with Crippen molar-refractivity contribution in [2.45, 2.75) is 50.7 Å². The molecule has 1 saturated carbocycles. The molecular weight excluding hydrogens is 419 g/mol. The predicted octanol–water partition coefficient (Wildman–Crippen LogP) is 4.59. The van der Waals surface area contributed by atoms with Crippen LogP contribution in [-0.4, -0.2) is 35.7 Å². The van der Waals surface area contributed by atoms with E-state index in [4.69, 9.17) is 16.3 Å². The largest absolute Gasteiger partial charge is 0.497 e. The fraction of sp³-hybridized carbons (Fsp3) is 0.417. The third-order valence-corrected chi connectivity index (χ3v) is 5.89. The third kappa shape index (κ3) is 5.97. The molecule has 0 aliphatic heterocycles. The molecule has 1 atom stereocenters. The van der Waals surface area contributed by atoms with Gasteiger partial charge in [0.2, 0.25) is 11.8 Å². The standard InChI is InChI=1S/C24H28ClFN2O3/c1-31-19-13-11-17(12-14-19)16-28(22(29)15-25)23(20-9-5-6-10-21(20)26)24(30)27-18-7-3-2-4-8-18/h5-6,9-14,18,23H,2-4,7-8,15-16H2,1H3,(H,27,30)/t23-/m1/s1. The van der Waals surface area contributed by atoms with Crippen molar-refractivity contribution in [1.82, 2.24) is 10.2 Å². The van der Waals surface area contributed by atoms with Gasteiger partial charge in [-0.15, -0.1) is 11.6 Å². The van der Waals surface area contributed by atoms with Gasteiger partial charge in [0.05, 0.1) is 7.11 Å². The Labute approximate surface area is 187 Å². The molecule has 1 aliphatic rings. The Kier molecular flexibility index (Phi) is 8.29. The first-order chi connectivity index (χ1) is 15.0. The lowest BCUT2D eigenvalue weighted by Crippen LogP contribution is -2.47. The highest BCUT2D eigenvalue weighted by atomic mass is 35.5. The molecule has 2 aromatic carbocycles. The molecule has 0 unspecified atom stereocenters. The molecule has 0 aromatic heterocycles. The molecule has 2 amide bonds. The molecule has 3 rings (SSSR count). The van der Waals surface area contributed by atoms with Crippen molar-refractivity contribution in [2.24, 2.45) is 0 Å². The van der Waals surface area contributed by atoms with Gasteiger partial charge < -0.3 is 15.0 Å². The molecule has 1 aliphatic carbocycles. The molecule has 5 nitrogen and oxygen atoms in total. The Morgan fingerprint density at radius 2 is 1.81 bits per heavy atom. The molecule has 0 heterocycles. The summed E-state index contributed by atoms with van der Waals surface area (Å²) in [5, 5.41) is 3.05. The van der Waals surface area contributed by atoms with Crippen LogP contribution in [0.25, 0.3) is 0 Å². The SMILES string of the molecule is COc1ccc(CN(C(=O)CCl)[C@@H](C(=O)NC2CCCCC2)c2ccccc2F)cc1. The van der Waals surface area contributed by atoms with Crippen LogP contribution < -0.4 is 10.1 Å². The minimum absolute atomic E-state index is 0.0319. The third-order valence-electron chi connectivity index (χ3n) is 5.66. The van der Waals surface area contributed by atoms with E-state index in [1.807, 2.05) is 12.1 Å². The van der Waals surface area contributed by atoms with Crippen molar-refractivity contribution in [3.63, 3.8) is 0 Å². The Morgan fingerprint density at radius 3 is 2.42 bits per heavy atom. The van der Waals surface area contributed by atoms with Gasteiger partial charge >= 0.3 is 0 Å². The molecule has 0 spiro atoms. The highest BCUT2D eigenvalue weighted by Crippen LogP contribution is 2.28. The normalized spacial score (nSPS) is 15.2. The lowest BCUT2D eigenvalue weighted by atomic mass is 9.94. The highest BCUT2D eigenvalue weighted by molar-refractivity contribution is 6.27. The minimum Gasteiger partial charge on any atom is -0.497 e. The van der Waals surface area contributed by atoms with Crippen LogP contribution in [0.2, 0.25) is 0 Å². The maximum atomic E-state index is 14.8. The summed E-state index contributed by atoms with van der Waals surface area (Å²) in [6.07, 6.45) is 5.02. The van der Waals surface area contributed by atoms with Crippen LogP contribution in [0, 0.1) is 5.82 Å². The van der Waals surface area contributed by atoms with Gasteiger partial charge in [0, 0.05) is 18.2 Å². The Hall–Kier alpha value is -2.60. The van der Waals surface area contributed by atoms with Crippen LogP contribution in [0.4, 0.5) is 4.39 Å². The molecule has 0 bridgehead atoms. The van der Waals surface area contributed by atoms with Crippen LogP contribution in [0.1, 0.15) is 49.3 Å². The number of carbonyl (C=O) groups excluding carboxylic acids is 2. The van der Waals surface area contributed by atoms with Gasteiger partial charge in [-0.05, 0) is 36.6 Å². The number of nitrogens with zero attached hydrogens (tertiary/aromatic N) is 1. The maximum absolute atomic E-state index is 14.8. The zero-order valence-electron chi connectivity index (χ0n) is 17.7. The Bertz CT molecular complexity index is 885. The Morgan fingerprint density at radius 1 is 1.13 bits per heavy atom. The van der Waals surface area contributed by atoms with Crippen LogP contribution in [0.15, 0.2) is 48.5 Å². The number of alkyl halides is 1. The molecule has 1 N–H and O–H groups in total. The summed E-state index contributed by atoms with van der Waals surface area (Å²) < 4.78 is 20.0. The average Bonchev–Trinajstić information content (AvgIpc) is 2.80. The second-order valence-corrected chi connectivity index (χ2v) is 8.04. The summed E-state index contributed by atoms with van der Waals surface area (Å²) in [4.78, 5) is 27.6. The van der Waals surface area contributed by atoms with E-state index in [2.05, 4.69) is 5.32 Å². The number of nitrogens with one attached hydrogen (secondary N) is 1. The number of ether oxygens (including phenoxy) is 1. The van der Waals surface area contributed by atoms with Crippen molar-refractivity contribution in [3.8, 4) is 5.75 Å². The molecule has 1 fully saturated rings. The molecule has 7 heteroatoms. The first-order valence-corrected chi connectivity index (χ1v) is 11.1. The Balaban J connectivity index is 1.94. The van der Waals surface area contributed by atoms with E-state index in [0.29, 0.717) is 5.75 Å². The number of carbonyl (C=O) groups is 2. The fourth-order valence-corrected chi connectivity index (χ4v) is 4.16. The number of methoxy groups -OCH3 is 1. The van der Waals surface area contributed by atoms with Crippen molar-refractivity contribution in [3.05, 3.63) is 65.5 Å². The number of hydrogen-bond acceptors (Lipinski definition) is 3. The van der Waals surface area contributed by atoms with Crippen molar-refractivity contribution in [2.75, 3.05) is 13.0 Å². The summed E-state index contributed by atoms with van der Waals surface area (Å²) in [6.45, 7) is 0.118. The lowest BCUT2D eigenvalue weighted by Gasteiger charge is -2.33. The van der Waals surface area contributed by atoms with Gasteiger partial charge in [-0.3, -0.25) is 9.59 Å². The van der Waals surface area contributed by atoms with Crippen LogP contribution in [0.5, 0.6) is 5.75 Å². The van der Waals surface area contributed by atoms with E-state index in [1.165, 1.54) is 11.0 Å². The first-order valence-electron chi connectivity index (χ1n) is 10.6. The summed E-state index contributed by atoms with van der Waals surface area (Å²) in [7, 11) is 1.57. The fourth-order valence-electron chi connectivity index (χ4n) is 4.00. The maximum Gasteiger partial charge on any atom is 0.247 e. The molecule has 0 saturated heterocycles. The van der Waals surface area contributed by atoms with Gasteiger partial charge in [0.25, 0.3) is 0 Å². The van der Waals surface area contributed by atoms with Gasteiger partial charge in [-0.1, -0.05) is 49.6 Å².